The molecule has 8 heteroatoms. The van der Waals surface area contributed by atoms with E-state index in [-0.39, 0.29) is 23.3 Å². The summed E-state index contributed by atoms with van der Waals surface area (Å²) in [6, 6.07) is 22.9. The first-order valence-corrected chi connectivity index (χ1v) is 16.2. The molecule has 6 rings (SSSR count). The first-order valence-electron chi connectivity index (χ1n) is 16.2. The van der Waals surface area contributed by atoms with Gasteiger partial charge in [-0.3, -0.25) is 9.69 Å². The fraction of sp³-hybridized carbons (Fsp3) is 0.333. The summed E-state index contributed by atoms with van der Waals surface area (Å²) in [7, 11) is 1.62. The van der Waals surface area contributed by atoms with E-state index in [0.29, 0.717) is 13.2 Å². The average Bonchev–Trinajstić information content (AvgIpc) is 3.43. The van der Waals surface area contributed by atoms with Crippen LogP contribution in [0.15, 0.2) is 85.1 Å². The number of allylic oxidation sites excluding steroid dienone is 1. The topological polar surface area (TPSA) is 63.7 Å². The smallest absolute Gasteiger partial charge is 0.244 e. The van der Waals surface area contributed by atoms with Crippen molar-refractivity contribution < 1.29 is 23.0 Å². The molecule has 1 aromatic heterocycles. The van der Waals surface area contributed by atoms with Gasteiger partial charge in [-0.05, 0) is 108 Å². The third-order valence-corrected chi connectivity index (χ3v) is 9.03. The number of pyridine rings is 1. The number of likely N-dealkylation sites (tertiary alicyclic amines) is 1. The van der Waals surface area contributed by atoms with Crippen LogP contribution in [0.3, 0.4) is 0 Å². The normalized spacial score (nSPS) is 15.5. The zero-order chi connectivity index (χ0) is 33.4. The standard InChI is InChI=1S/C31H33FN2O3.C8H10FN/c1-22(17-30(35)33-2)25-8-11-28(12-9-25)36-20-24-5-3-23(4-6-24)19-34-15-13-31(14-16-34)29-18-27(32)10-7-26(29)21-37-31;1-3-7-4-8(9)10-5-6(7)2/h3-12,17-18H,13-16,19-21H2,1-2H3,(H,33,35);4-5H,3H2,1-2H3/b22-17+;. The lowest BCUT2D eigenvalue weighted by atomic mass is 9.83. The molecule has 1 N–H and O–H groups in total. The van der Waals surface area contributed by atoms with Gasteiger partial charge in [0.15, 0.2) is 0 Å². The van der Waals surface area contributed by atoms with E-state index < -0.39 is 0 Å². The number of aryl methyl sites for hydroxylation is 2. The van der Waals surface area contributed by atoms with Gasteiger partial charge in [-0.25, -0.2) is 9.37 Å². The number of hydrogen-bond donors (Lipinski definition) is 1. The van der Waals surface area contributed by atoms with Gasteiger partial charge < -0.3 is 14.8 Å². The minimum atomic E-state index is -0.387. The number of nitrogens with zero attached hydrogens (tertiary/aromatic N) is 2. The number of carbonyl (C=O) groups is 1. The highest BCUT2D eigenvalue weighted by molar-refractivity contribution is 5.94. The molecule has 1 saturated heterocycles. The molecule has 1 spiro atoms. The van der Waals surface area contributed by atoms with Crippen molar-refractivity contribution in [1.82, 2.24) is 15.2 Å². The molecular formula is C39H43F2N3O3. The van der Waals surface area contributed by atoms with Crippen molar-refractivity contribution in [2.24, 2.45) is 0 Å². The van der Waals surface area contributed by atoms with Crippen molar-refractivity contribution >= 4 is 11.5 Å². The van der Waals surface area contributed by atoms with E-state index in [2.05, 4.69) is 39.5 Å². The first kappa shape index (κ1) is 33.9. The second-order valence-electron chi connectivity index (χ2n) is 12.2. The Bertz CT molecular complexity index is 1700. The van der Waals surface area contributed by atoms with E-state index in [0.717, 1.165) is 83.6 Å². The summed E-state index contributed by atoms with van der Waals surface area (Å²) in [6.45, 7) is 9.66. The molecule has 1 amide bonds. The number of piperidine rings is 1. The Kier molecular flexibility index (Phi) is 11.2. The Hall–Kier alpha value is -4.40. The number of nitrogens with one attached hydrogen (secondary N) is 1. The fourth-order valence-corrected chi connectivity index (χ4v) is 6.13. The lowest BCUT2D eigenvalue weighted by Gasteiger charge is -2.39. The van der Waals surface area contributed by atoms with Gasteiger partial charge in [-0.2, -0.15) is 4.39 Å². The van der Waals surface area contributed by atoms with Gasteiger partial charge in [0, 0.05) is 39.0 Å². The van der Waals surface area contributed by atoms with E-state index in [1.54, 1.807) is 25.4 Å². The van der Waals surface area contributed by atoms with Crippen LogP contribution in [0.4, 0.5) is 8.78 Å². The highest BCUT2D eigenvalue weighted by atomic mass is 19.1. The molecule has 3 aromatic carbocycles. The maximum atomic E-state index is 13.9. The molecule has 0 saturated carbocycles. The van der Waals surface area contributed by atoms with E-state index in [4.69, 9.17) is 9.47 Å². The Morgan fingerprint density at radius 2 is 1.72 bits per heavy atom. The predicted molar refractivity (Wildman–Crippen MR) is 181 cm³/mol. The summed E-state index contributed by atoms with van der Waals surface area (Å²) in [4.78, 5) is 17.5. The average molecular weight is 640 g/mol. The minimum absolute atomic E-state index is 0.115. The van der Waals surface area contributed by atoms with Gasteiger partial charge >= 0.3 is 0 Å². The van der Waals surface area contributed by atoms with Crippen LogP contribution in [0, 0.1) is 18.7 Å². The molecule has 6 nitrogen and oxygen atoms in total. The van der Waals surface area contributed by atoms with Crippen molar-refractivity contribution in [2.45, 2.75) is 65.4 Å². The lowest BCUT2D eigenvalue weighted by molar-refractivity contribution is -0.116. The fourth-order valence-electron chi connectivity index (χ4n) is 6.13. The number of likely N-dealkylation sites (N-methyl/N-ethyl adjacent to an activating group) is 1. The number of fused-ring (bicyclic) bond motifs is 2. The van der Waals surface area contributed by atoms with E-state index >= 15 is 0 Å². The quantitative estimate of drug-likeness (QED) is 0.158. The second kappa shape index (κ2) is 15.5. The van der Waals surface area contributed by atoms with Crippen LogP contribution < -0.4 is 10.1 Å². The third kappa shape index (κ3) is 8.70. The van der Waals surface area contributed by atoms with Crippen molar-refractivity contribution in [1.29, 1.82) is 0 Å². The zero-order valence-corrected chi connectivity index (χ0v) is 27.6. The Balaban J connectivity index is 0.000000371. The predicted octanol–water partition coefficient (Wildman–Crippen LogP) is 7.67. The Morgan fingerprint density at radius 1 is 1.02 bits per heavy atom. The molecule has 246 valence electrons. The maximum absolute atomic E-state index is 13.9. The molecule has 0 aliphatic carbocycles. The minimum Gasteiger partial charge on any atom is -0.489 e. The van der Waals surface area contributed by atoms with Crippen molar-refractivity contribution in [3.8, 4) is 5.75 Å². The van der Waals surface area contributed by atoms with Crippen LogP contribution in [0.25, 0.3) is 5.57 Å². The molecule has 2 aliphatic heterocycles. The molecule has 0 atom stereocenters. The molecule has 0 radical (unpaired) electrons. The maximum Gasteiger partial charge on any atom is 0.244 e. The van der Waals surface area contributed by atoms with Gasteiger partial charge in [0.1, 0.15) is 18.2 Å². The number of aromatic nitrogens is 1. The second-order valence-corrected chi connectivity index (χ2v) is 12.2. The molecular weight excluding hydrogens is 596 g/mol. The SMILES string of the molecule is CCc1cc(F)ncc1C.CNC(=O)/C=C(\C)c1ccc(OCc2ccc(CN3CCC4(CC3)OCc3ccc(F)cc34)cc2)cc1. The molecule has 1 fully saturated rings. The highest BCUT2D eigenvalue weighted by Gasteiger charge is 2.42. The number of carbonyl (C=O) groups excluding carboxylic acids is 1. The van der Waals surface area contributed by atoms with Gasteiger partial charge in [0.25, 0.3) is 0 Å². The molecule has 47 heavy (non-hydrogen) atoms. The van der Waals surface area contributed by atoms with E-state index in [9.17, 15) is 13.6 Å². The van der Waals surface area contributed by atoms with Gasteiger partial charge in [0.2, 0.25) is 11.9 Å². The molecule has 2 aliphatic rings. The number of ether oxygens (including phenoxy) is 2. The first-order chi connectivity index (χ1) is 22.7. The summed E-state index contributed by atoms with van der Waals surface area (Å²) in [5, 5.41) is 2.60. The number of benzene rings is 3. The van der Waals surface area contributed by atoms with Crippen LogP contribution in [0.1, 0.15) is 65.6 Å². The lowest BCUT2D eigenvalue weighted by Crippen LogP contribution is -2.42. The van der Waals surface area contributed by atoms with E-state index in [1.807, 2.05) is 51.1 Å². The summed E-state index contributed by atoms with van der Waals surface area (Å²) in [5.41, 5.74) is 8.20. The van der Waals surface area contributed by atoms with Gasteiger partial charge in [-0.1, -0.05) is 49.4 Å². The number of halogens is 2. The summed E-state index contributed by atoms with van der Waals surface area (Å²) in [6.07, 6.45) is 5.78. The zero-order valence-electron chi connectivity index (χ0n) is 27.6. The number of amides is 1. The van der Waals surface area contributed by atoms with Crippen LogP contribution in [-0.2, 0) is 41.3 Å². The number of hydrogen-bond acceptors (Lipinski definition) is 5. The molecule has 3 heterocycles. The summed E-state index contributed by atoms with van der Waals surface area (Å²) in [5.74, 6) is 0.105. The largest absolute Gasteiger partial charge is 0.489 e. The van der Waals surface area contributed by atoms with Gasteiger partial charge in [-0.15, -0.1) is 0 Å². The van der Waals surface area contributed by atoms with E-state index in [1.165, 1.54) is 17.7 Å². The number of rotatable bonds is 8. The van der Waals surface area contributed by atoms with Crippen LogP contribution in [0.5, 0.6) is 5.75 Å². The van der Waals surface area contributed by atoms with Crippen molar-refractivity contribution in [3.05, 3.63) is 136 Å². The van der Waals surface area contributed by atoms with Crippen LogP contribution in [-0.4, -0.2) is 35.9 Å². The Labute approximate surface area is 276 Å². The van der Waals surface area contributed by atoms with Crippen LogP contribution in [0.2, 0.25) is 0 Å². The third-order valence-electron chi connectivity index (χ3n) is 9.03. The monoisotopic (exact) mass is 639 g/mol. The van der Waals surface area contributed by atoms with Gasteiger partial charge in [0.05, 0.1) is 12.2 Å². The van der Waals surface area contributed by atoms with Crippen molar-refractivity contribution in [3.63, 3.8) is 0 Å². The highest BCUT2D eigenvalue weighted by Crippen LogP contribution is 2.44. The molecule has 0 bridgehead atoms. The summed E-state index contributed by atoms with van der Waals surface area (Å²) >= 11 is 0. The van der Waals surface area contributed by atoms with Crippen molar-refractivity contribution in [2.75, 3.05) is 20.1 Å². The molecule has 4 aromatic rings. The van der Waals surface area contributed by atoms with Crippen LogP contribution >= 0.6 is 0 Å². The molecule has 0 unspecified atom stereocenters. The summed E-state index contributed by atoms with van der Waals surface area (Å²) < 4.78 is 38.4. The Morgan fingerprint density at radius 3 is 2.38 bits per heavy atom.